The standard InChI is InChI=1S/C17H24F3N5O3/c1-2-27-16(26)25-7-5-13(6-8-25)24-15(21)23-10-12-3-4-14(22-9-12)28-11-17(18,19)20/h3-4,9,13H,2,5-8,10-11H2,1H3,(H3,21,23,24). The molecule has 1 aliphatic heterocycles. The molecule has 156 valence electrons. The number of alkyl halides is 3. The smallest absolute Gasteiger partial charge is 0.422 e. The molecule has 0 unspecified atom stereocenters. The predicted octanol–water partition coefficient (Wildman–Crippen LogP) is 2.05. The molecular formula is C17H24F3N5O3. The SMILES string of the molecule is CCOC(=O)N1CCC(NC(N)=NCc2ccc(OCC(F)(F)F)nc2)CC1. The van der Waals surface area contributed by atoms with E-state index in [1.54, 1.807) is 17.9 Å². The maximum absolute atomic E-state index is 12.1. The molecule has 1 fully saturated rings. The van der Waals surface area contributed by atoms with Crippen molar-refractivity contribution in [1.82, 2.24) is 15.2 Å². The number of pyridine rings is 1. The number of carbonyl (C=O) groups excluding carboxylic acids is 1. The van der Waals surface area contributed by atoms with Gasteiger partial charge in [-0.3, -0.25) is 0 Å². The fourth-order valence-corrected chi connectivity index (χ4v) is 2.60. The first kappa shape index (κ1) is 21.6. The van der Waals surface area contributed by atoms with Gasteiger partial charge in [0.25, 0.3) is 0 Å². The van der Waals surface area contributed by atoms with Gasteiger partial charge < -0.3 is 25.4 Å². The van der Waals surface area contributed by atoms with Crippen LogP contribution in [0.15, 0.2) is 23.3 Å². The largest absolute Gasteiger partial charge is 0.468 e. The molecule has 8 nitrogen and oxygen atoms in total. The van der Waals surface area contributed by atoms with Gasteiger partial charge in [-0.1, -0.05) is 6.07 Å². The lowest BCUT2D eigenvalue weighted by atomic mass is 10.1. The molecule has 1 amide bonds. The van der Waals surface area contributed by atoms with E-state index >= 15 is 0 Å². The van der Waals surface area contributed by atoms with Gasteiger partial charge in [0, 0.05) is 31.4 Å². The molecule has 0 saturated carbocycles. The van der Waals surface area contributed by atoms with Crippen LogP contribution in [0.5, 0.6) is 5.88 Å². The van der Waals surface area contributed by atoms with Crippen molar-refractivity contribution in [1.29, 1.82) is 0 Å². The minimum absolute atomic E-state index is 0.102. The monoisotopic (exact) mass is 403 g/mol. The van der Waals surface area contributed by atoms with Gasteiger partial charge in [-0.15, -0.1) is 0 Å². The molecule has 0 aromatic carbocycles. The van der Waals surface area contributed by atoms with E-state index in [0.717, 1.165) is 12.8 Å². The van der Waals surface area contributed by atoms with Gasteiger partial charge in [-0.2, -0.15) is 13.2 Å². The van der Waals surface area contributed by atoms with Crippen molar-refractivity contribution >= 4 is 12.1 Å². The Morgan fingerprint density at radius 3 is 2.68 bits per heavy atom. The second-order valence-electron chi connectivity index (χ2n) is 6.21. The van der Waals surface area contributed by atoms with Gasteiger partial charge in [0.1, 0.15) is 0 Å². The Morgan fingerprint density at radius 2 is 2.11 bits per heavy atom. The van der Waals surface area contributed by atoms with E-state index in [2.05, 4.69) is 20.0 Å². The van der Waals surface area contributed by atoms with Crippen LogP contribution >= 0.6 is 0 Å². The van der Waals surface area contributed by atoms with E-state index < -0.39 is 12.8 Å². The second-order valence-corrected chi connectivity index (χ2v) is 6.21. The molecule has 28 heavy (non-hydrogen) atoms. The van der Waals surface area contributed by atoms with E-state index in [1.165, 1.54) is 12.3 Å². The maximum atomic E-state index is 12.1. The number of amides is 1. The van der Waals surface area contributed by atoms with Crippen LogP contribution in [0.1, 0.15) is 25.3 Å². The number of ether oxygens (including phenoxy) is 2. The van der Waals surface area contributed by atoms with E-state index in [0.29, 0.717) is 25.3 Å². The molecule has 0 aliphatic carbocycles. The zero-order chi connectivity index (χ0) is 20.6. The van der Waals surface area contributed by atoms with Crippen LogP contribution in [0.2, 0.25) is 0 Å². The van der Waals surface area contributed by atoms with Crippen LogP contribution in [0.25, 0.3) is 0 Å². The number of nitrogens with zero attached hydrogens (tertiary/aromatic N) is 3. The van der Waals surface area contributed by atoms with E-state index in [1.807, 2.05) is 0 Å². The third-order valence-corrected chi connectivity index (χ3v) is 3.99. The summed E-state index contributed by atoms with van der Waals surface area (Å²) in [5.41, 5.74) is 6.57. The number of aromatic nitrogens is 1. The zero-order valence-electron chi connectivity index (χ0n) is 15.5. The van der Waals surface area contributed by atoms with Crippen LogP contribution < -0.4 is 15.8 Å². The fraction of sp³-hybridized carbons (Fsp3) is 0.588. The summed E-state index contributed by atoms with van der Waals surface area (Å²) in [4.78, 5) is 21.3. The molecule has 3 N–H and O–H groups in total. The van der Waals surface area contributed by atoms with Crippen molar-refractivity contribution in [3.63, 3.8) is 0 Å². The van der Waals surface area contributed by atoms with Crippen LogP contribution in [0.3, 0.4) is 0 Å². The summed E-state index contributed by atoms with van der Waals surface area (Å²) in [6.07, 6.45) is -1.88. The second kappa shape index (κ2) is 10.00. The van der Waals surface area contributed by atoms with Gasteiger partial charge in [0.15, 0.2) is 12.6 Å². The van der Waals surface area contributed by atoms with Crippen LogP contribution in [0.4, 0.5) is 18.0 Å². The number of hydrogen-bond acceptors (Lipinski definition) is 5. The molecule has 0 atom stereocenters. The molecule has 1 aliphatic rings. The first-order chi connectivity index (χ1) is 13.3. The summed E-state index contributed by atoms with van der Waals surface area (Å²) < 4.78 is 45.8. The Kier molecular flexibility index (Phi) is 7.70. The number of guanidine groups is 1. The minimum atomic E-state index is -4.41. The Morgan fingerprint density at radius 1 is 1.39 bits per heavy atom. The highest BCUT2D eigenvalue weighted by molar-refractivity contribution is 5.78. The van der Waals surface area contributed by atoms with Crippen LogP contribution in [0, 0.1) is 0 Å². The number of aliphatic imine (C=N–C) groups is 1. The van der Waals surface area contributed by atoms with Gasteiger partial charge in [0.05, 0.1) is 13.2 Å². The molecule has 1 saturated heterocycles. The average Bonchev–Trinajstić information content (AvgIpc) is 2.66. The molecule has 0 spiro atoms. The summed E-state index contributed by atoms with van der Waals surface area (Å²) in [6.45, 7) is 2.11. The molecule has 1 aromatic heterocycles. The normalized spacial score (nSPS) is 16.0. The quantitative estimate of drug-likeness (QED) is 0.557. The highest BCUT2D eigenvalue weighted by Gasteiger charge is 2.28. The zero-order valence-corrected chi connectivity index (χ0v) is 15.5. The number of piperidine rings is 1. The summed E-state index contributed by atoms with van der Waals surface area (Å²) in [6, 6.07) is 3.03. The van der Waals surface area contributed by atoms with Gasteiger partial charge in [-0.25, -0.2) is 14.8 Å². The summed E-state index contributed by atoms with van der Waals surface area (Å²) >= 11 is 0. The van der Waals surface area contributed by atoms with E-state index in [4.69, 9.17) is 10.5 Å². The topological polar surface area (TPSA) is 102 Å². The van der Waals surface area contributed by atoms with Crippen molar-refractivity contribution in [2.75, 3.05) is 26.3 Å². The number of nitrogens with one attached hydrogen (secondary N) is 1. The Hall–Kier alpha value is -2.72. The van der Waals surface area contributed by atoms with Crippen molar-refractivity contribution in [3.8, 4) is 5.88 Å². The first-order valence-corrected chi connectivity index (χ1v) is 8.89. The predicted molar refractivity (Wildman–Crippen MR) is 95.9 cm³/mol. The van der Waals surface area contributed by atoms with Crippen LogP contribution in [-0.2, 0) is 11.3 Å². The van der Waals surface area contributed by atoms with Gasteiger partial charge in [-0.05, 0) is 25.3 Å². The lowest BCUT2D eigenvalue weighted by Gasteiger charge is -2.31. The maximum Gasteiger partial charge on any atom is 0.422 e. The molecule has 2 rings (SSSR count). The van der Waals surface area contributed by atoms with Crippen molar-refractivity contribution in [2.24, 2.45) is 10.7 Å². The van der Waals surface area contributed by atoms with Crippen molar-refractivity contribution < 1.29 is 27.4 Å². The molecule has 2 heterocycles. The highest BCUT2D eigenvalue weighted by Crippen LogP contribution is 2.17. The van der Waals surface area contributed by atoms with E-state index in [-0.39, 0.29) is 30.5 Å². The molecule has 1 aromatic rings. The lowest BCUT2D eigenvalue weighted by Crippen LogP contribution is -2.48. The third-order valence-electron chi connectivity index (χ3n) is 3.99. The molecular weight excluding hydrogens is 379 g/mol. The Labute approximate surface area is 160 Å². The lowest BCUT2D eigenvalue weighted by molar-refractivity contribution is -0.154. The fourth-order valence-electron chi connectivity index (χ4n) is 2.60. The number of carbonyl (C=O) groups is 1. The third kappa shape index (κ3) is 7.49. The average molecular weight is 403 g/mol. The number of halogens is 3. The number of rotatable bonds is 6. The minimum Gasteiger partial charge on any atom is -0.468 e. The summed E-state index contributed by atoms with van der Waals surface area (Å²) in [5.74, 6) is 0.150. The summed E-state index contributed by atoms with van der Waals surface area (Å²) in [5, 5.41) is 3.11. The van der Waals surface area contributed by atoms with E-state index in [9.17, 15) is 18.0 Å². The Bertz CT molecular complexity index is 659. The summed E-state index contributed by atoms with van der Waals surface area (Å²) in [7, 11) is 0. The number of nitrogens with two attached hydrogens (primary N) is 1. The van der Waals surface area contributed by atoms with Crippen molar-refractivity contribution in [2.45, 2.75) is 38.5 Å². The molecule has 0 radical (unpaired) electrons. The number of likely N-dealkylation sites (tertiary alicyclic amines) is 1. The molecule has 11 heteroatoms. The first-order valence-electron chi connectivity index (χ1n) is 8.89. The highest BCUT2D eigenvalue weighted by atomic mass is 19.4. The van der Waals surface area contributed by atoms with Gasteiger partial charge >= 0.3 is 12.3 Å². The number of hydrogen-bond donors (Lipinski definition) is 2. The Balaban J connectivity index is 1.75. The van der Waals surface area contributed by atoms with Gasteiger partial charge in [0.2, 0.25) is 5.88 Å². The van der Waals surface area contributed by atoms with Crippen LogP contribution in [-0.4, -0.2) is 60.5 Å². The van der Waals surface area contributed by atoms with Crippen molar-refractivity contribution in [3.05, 3.63) is 23.9 Å². The molecule has 0 bridgehead atoms.